The molecule has 0 bridgehead atoms. The first-order chi connectivity index (χ1) is 7.22. The topological polar surface area (TPSA) is 51.4 Å². The number of hydrogen-bond donors (Lipinski definition) is 1. The van der Waals surface area contributed by atoms with Gasteiger partial charge >= 0.3 is 0 Å². The molecule has 1 heterocycles. The number of rotatable bonds is 7. The minimum Gasteiger partial charge on any atom is -0.379 e. The van der Waals surface area contributed by atoms with E-state index in [1.807, 2.05) is 6.92 Å². The standard InChI is InChI=1S/C10H19N3OS/c1-9-12-10(8-15-9)7-13(2)4-6-14-5-3-11/h8H,3-7,11H2,1-2H3. The van der Waals surface area contributed by atoms with Crippen LogP contribution in [0.3, 0.4) is 0 Å². The van der Waals surface area contributed by atoms with Gasteiger partial charge in [0.15, 0.2) is 0 Å². The predicted octanol–water partition coefficient (Wildman–Crippen LogP) is 0.859. The van der Waals surface area contributed by atoms with Gasteiger partial charge in [-0.3, -0.25) is 4.90 Å². The van der Waals surface area contributed by atoms with Gasteiger partial charge in [0.05, 0.1) is 23.9 Å². The molecule has 5 heteroatoms. The summed E-state index contributed by atoms with van der Waals surface area (Å²) in [6.45, 7) is 5.79. The molecule has 0 amide bonds. The van der Waals surface area contributed by atoms with Crippen molar-refractivity contribution in [2.45, 2.75) is 13.5 Å². The zero-order valence-corrected chi connectivity index (χ0v) is 10.2. The summed E-state index contributed by atoms with van der Waals surface area (Å²) in [6, 6.07) is 0. The number of ether oxygens (including phenoxy) is 1. The molecule has 4 nitrogen and oxygen atoms in total. The van der Waals surface area contributed by atoms with E-state index in [4.69, 9.17) is 10.5 Å². The molecular weight excluding hydrogens is 210 g/mol. The highest BCUT2D eigenvalue weighted by Crippen LogP contribution is 2.09. The van der Waals surface area contributed by atoms with Crippen molar-refractivity contribution in [3.05, 3.63) is 16.1 Å². The summed E-state index contributed by atoms with van der Waals surface area (Å²) in [7, 11) is 2.07. The van der Waals surface area contributed by atoms with Gasteiger partial charge in [0.1, 0.15) is 0 Å². The fourth-order valence-electron chi connectivity index (χ4n) is 1.24. The molecule has 86 valence electrons. The van der Waals surface area contributed by atoms with Crippen molar-refractivity contribution in [1.29, 1.82) is 0 Å². The maximum Gasteiger partial charge on any atom is 0.0897 e. The molecule has 1 rings (SSSR count). The van der Waals surface area contributed by atoms with Crippen LogP contribution in [-0.2, 0) is 11.3 Å². The summed E-state index contributed by atoms with van der Waals surface area (Å²) in [4.78, 5) is 6.61. The van der Waals surface area contributed by atoms with Gasteiger partial charge in [0.2, 0.25) is 0 Å². The highest BCUT2D eigenvalue weighted by Gasteiger charge is 2.02. The minimum absolute atomic E-state index is 0.592. The van der Waals surface area contributed by atoms with Gasteiger partial charge in [-0.2, -0.15) is 0 Å². The van der Waals surface area contributed by atoms with Crippen LogP contribution in [-0.4, -0.2) is 43.2 Å². The van der Waals surface area contributed by atoms with E-state index in [1.165, 1.54) is 0 Å². The first-order valence-electron chi connectivity index (χ1n) is 5.09. The fourth-order valence-corrected chi connectivity index (χ4v) is 1.85. The number of likely N-dealkylation sites (N-methyl/N-ethyl adjacent to an activating group) is 1. The fraction of sp³-hybridized carbons (Fsp3) is 0.700. The Kier molecular flexibility index (Phi) is 5.78. The lowest BCUT2D eigenvalue weighted by molar-refractivity contribution is 0.115. The van der Waals surface area contributed by atoms with Crippen molar-refractivity contribution in [2.24, 2.45) is 5.73 Å². The SMILES string of the molecule is Cc1nc(CN(C)CCOCCN)cs1. The molecule has 1 aromatic heterocycles. The second kappa shape index (κ2) is 6.90. The third kappa shape index (κ3) is 5.22. The molecule has 0 aliphatic carbocycles. The number of aromatic nitrogens is 1. The Morgan fingerprint density at radius 1 is 1.53 bits per heavy atom. The Balaban J connectivity index is 2.15. The molecule has 2 N–H and O–H groups in total. The third-order valence-corrected chi connectivity index (χ3v) is 2.80. The number of thiazole rings is 1. The molecular formula is C10H19N3OS. The van der Waals surface area contributed by atoms with Crippen LogP contribution < -0.4 is 5.73 Å². The van der Waals surface area contributed by atoms with Crippen molar-refractivity contribution in [3.63, 3.8) is 0 Å². The monoisotopic (exact) mass is 229 g/mol. The van der Waals surface area contributed by atoms with E-state index in [-0.39, 0.29) is 0 Å². The molecule has 0 unspecified atom stereocenters. The lowest BCUT2D eigenvalue weighted by Gasteiger charge is -2.14. The quantitative estimate of drug-likeness (QED) is 0.705. The lowest BCUT2D eigenvalue weighted by Crippen LogP contribution is -2.24. The Bertz CT molecular complexity index is 277. The van der Waals surface area contributed by atoms with Gasteiger partial charge in [-0.05, 0) is 14.0 Å². The molecule has 1 aromatic rings. The maximum atomic E-state index is 5.32. The van der Waals surface area contributed by atoms with Crippen LogP contribution in [0.25, 0.3) is 0 Å². The van der Waals surface area contributed by atoms with Crippen LogP contribution in [0, 0.1) is 6.92 Å². The second-order valence-corrected chi connectivity index (χ2v) is 4.56. The molecule has 0 fully saturated rings. The van der Waals surface area contributed by atoms with E-state index in [0.717, 1.165) is 30.4 Å². The molecule has 0 spiro atoms. The van der Waals surface area contributed by atoms with Crippen molar-refractivity contribution >= 4 is 11.3 Å². The van der Waals surface area contributed by atoms with Crippen LogP contribution >= 0.6 is 11.3 Å². The van der Waals surface area contributed by atoms with Gasteiger partial charge in [-0.25, -0.2) is 4.98 Å². The van der Waals surface area contributed by atoms with Gasteiger partial charge in [0.25, 0.3) is 0 Å². The van der Waals surface area contributed by atoms with E-state index in [0.29, 0.717) is 13.2 Å². The van der Waals surface area contributed by atoms with Crippen molar-refractivity contribution in [1.82, 2.24) is 9.88 Å². The average molecular weight is 229 g/mol. The van der Waals surface area contributed by atoms with Crippen LogP contribution in [0.5, 0.6) is 0 Å². The highest BCUT2D eigenvalue weighted by molar-refractivity contribution is 7.09. The van der Waals surface area contributed by atoms with Gasteiger partial charge in [-0.15, -0.1) is 11.3 Å². The summed E-state index contributed by atoms with van der Waals surface area (Å²) < 4.78 is 5.31. The molecule has 0 radical (unpaired) electrons. The van der Waals surface area contributed by atoms with Gasteiger partial charge in [0, 0.05) is 25.0 Å². The number of nitrogens with zero attached hydrogens (tertiary/aromatic N) is 2. The summed E-state index contributed by atoms with van der Waals surface area (Å²) in [5.41, 5.74) is 6.46. The average Bonchev–Trinajstić information content (AvgIpc) is 2.59. The van der Waals surface area contributed by atoms with Crippen LogP contribution in [0.2, 0.25) is 0 Å². The minimum atomic E-state index is 0.592. The van der Waals surface area contributed by atoms with E-state index in [1.54, 1.807) is 11.3 Å². The Labute approximate surface area is 95.1 Å². The second-order valence-electron chi connectivity index (χ2n) is 3.50. The van der Waals surface area contributed by atoms with Gasteiger partial charge in [-0.1, -0.05) is 0 Å². The van der Waals surface area contributed by atoms with E-state index < -0.39 is 0 Å². The largest absolute Gasteiger partial charge is 0.379 e. The summed E-state index contributed by atoms with van der Waals surface area (Å²) >= 11 is 1.69. The highest BCUT2D eigenvalue weighted by atomic mass is 32.1. The van der Waals surface area contributed by atoms with Crippen molar-refractivity contribution < 1.29 is 4.74 Å². The summed E-state index contributed by atoms with van der Waals surface area (Å²) in [6.07, 6.45) is 0. The smallest absolute Gasteiger partial charge is 0.0897 e. The van der Waals surface area contributed by atoms with E-state index >= 15 is 0 Å². The molecule has 0 aliphatic heterocycles. The summed E-state index contributed by atoms with van der Waals surface area (Å²) in [5, 5.41) is 3.23. The first-order valence-corrected chi connectivity index (χ1v) is 5.97. The molecule has 0 aliphatic rings. The Hall–Kier alpha value is -0.490. The molecule has 0 saturated carbocycles. The van der Waals surface area contributed by atoms with Crippen LogP contribution in [0.4, 0.5) is 0 Å². The normalized spacial score (nSPS) is 11.2. The lowest BCUT2D eigenvalue weighted by atomic mass is 10.4. The predicted molar refractivity (Wildman–Crippen MR) is 63.1 cm³/mol. The Morgan fingerprint density at radius 3 is 2.93 bits per heavy atom. The maximum absolute atomic E-state index is 5.32. The Morgan fingerprint density at radius 2 is 2.33 bits per heavy atom. The third-order valence-electron chi connectivity index (χ3n) is 1.98. The summed E-state index contributed by atoms with van der Waals surface area (Å²) in [5.74, 6) is 0. The number of hydrogen-bond acceptors (Lipinski definition) is 5. The first kappa shape index (κ1) is 12.6. The van der Waals surface area contributed by atoms with E-state index in [9.17, 15) is 0 Å². The number of aryl methyl sites for hydroxylation is 1. The van der Waals surface area contributed by atoms with Crippen molar-refractivity contribution in [3.8, 4) is 0 Å². The zero-order valence-electron chi connectivity index (χ0n) is 9.40. The van der Waals surface area contributed by atoms with Crippen molar-refractivity contribution in [2.75, 3.05) is 33.4 Å². The van der Waals surface area contributed by atoms with Crippen LogP contribution in [0.15, 0.2) is 5.38 Å². The molecule has 15 heavy (non-hydrogen) atoms. The molecule has 0 aromatic carbocycles. The zero-order chi connectivity index (χ0) is 11.1. The van der Waals surface area contributed by atoms with E-state index in [2.05, 4.69) is 22.3 Å². The van der Waals surface area contributed by atoms with Gasteiger partial charge < -0.3 is 10.5 Å². The van der Waals surface area contributed by atoms with Crippen LogP contribution in [0.1, 0.15) is 10.7 Å². The number of nitrogens with two attached hydrogens (primary N) is 1. The molecule has 0 atom stereocenters. The molecule has 0 saturated heterocycles.